The SMILES string of the molecule is OCC1=C(OCc2ccccc2)CCS1. The molecule has 0 radical (unpaired) electrons. The van der Waals surface area contributed by atoms with Crippen molar-refractivity contribution >= 4 is 11.8 Å². The maximum absolute atomic E-state index is 9.07. The first-order chi connectivity index (χ1) is 7.40. The van der Waals surface area contributed by atoms with Crippen LogP contribution >= 0.6 is 11.8 Å². The molecule has 0 fully saturated rings. The van der Waals surface area contributed by atoms with Crippen molar-refractivity contribution in [1.82, 2.24) is 0 Å². The number of ether oxygens (including phenoxy) is 1. The Morgan fingerprint density at radius 1 is 1.27 bits per heavy atom. The minimum absolute atomic E-state index is 0.106. The second-order valence-electron chi connectivity index (χ2n) is 3.38. The van der Waals surface area contributed by atoms with Gasteiger partial charge in [0.15, 0.2) is 0 Å². The van der Waals surface area contributed by atoms with Crippen molar-refractivity contribution in [2.45, 2.75) is 13.0 Å². The Bertz CT molecular complexity index is 346. The van der Waals surface area contributed by atoms with Gasteiger partial charge in [0.2, 0.25) is 0 Å². The molecule has 0 atom stereocenters. The van der Waals surface area contributed by atoms with Gasteiger partial charge < -0.3 is 9.84 Å². The highest BCUT2D eigenvalue weighted by Crippen LogP contribution is 2.31. The Morgan fingerprint density at radius 3 is 2.80 bits per heavy atom. The van der Waals surface area contributed by atoms with E-state index < -0.39 is 0 Å². The summed E-state index contributed by atoms with van der Waals surface area (Å²) in [5.74, 6) is 1.99. The number of hydrogen-bond acceptors (Lipinski definition) is 3. The van der Waals surface area contributed by atoms with E-state index in [2.05, 4.69) is 0 Å². The largest absolute Gasteiger partial charge is 0.492 e. The van der Waals surface area contributed by atoms with Crippen LogP contribution in [-0.4, -0.2) is 17.5 Å². The van der Waals surface area contributed by atoms with Crippen molar-refractivity contribution in [3.8, 4) is 0 Å². The van der Waals surface area contributed by atoms with Gasteiger partial charge in [0.05, 0.1) is 6.61 Å². The summed E-state index contributed by atoms with van der Waals surface area (Å²) in [4.78, 5) is 0.992. The molecule has 0 aromatic heterocycles. The van der Waals surface area contributed by atoms with Crippen molar-refractivity contribution in [2.24, 2.45) is 0 Å². The van der Waals surface area contributed by atoms with Crippen molar-refractivity contribution < 1.29 is 9.84 Å². The van der Waals surface area contributed by atoms with Gasteiger partial charge >= 0.3 is 0 Å². The fourth-order valence-electron chi connectivity index (χ4n) is 1.52. The van der Waals surface area contributed by atoms with Gasteiger partial charge in [-0.2, -0.15) is 0 Å². The lowest BCUT2D eigenvalue weighted by atomic mass is 10.2. The van der Waals surface area contributed by atoms with Crippen LogP contribution in [0.2, 0.25) is 0 Å². The molecule has 1 N–H and O–H groups in total. The fourth-order valence-corrected chi connectivity index (χ4v) is 2.47. The number of thioether (sulfide) groups is 1. The Balaban J connectivity index is 1.93. The molecular formula is C12H14O2S. The third kappa shape index (κ3) is 2.76. The number of allylic oxidation sites excluding steroid dienone is 1. The number of hydrogen-bond donors (Lipinski definition) is 1. The monoisotopic (exact) mass is 222 g/mol. The van der Waals surface area contributed by atoms with Crippen molar-refractivity contribution in [3.05, 3.63) is 46.6 Å². The van der Waals surface area contributed by atoms with Gasteiger partial charge in [-0.3, -0.25) is 0 Å². The fraction of sp³-hybridized carbons (Fsp3) is 0.333. The average Bonchev–Trinajstić information content (AvgIpc) is 2.75. The van der Waals surface area contributed by atoms with Crippen molar-refractivity contribution in [3.63, 3.8) is 0 Å². The molecule has 0 saturated heterocycles. The second-order valence-corrected chi connectivity index (χ2v) is 4.57. The van der Waals surface area contributed by atoms with Gasteiger partial charge in [0.1, 0.15) is 12.4 Å². The number of aliphatic hydroxyl groups is 1. The molecule has 80 valence electrons. The standard InChI is InChI=1S/C12H14O2S/c13-8-12-11(6-7-15-12)14-9-10-4-2-1-3-5-10/h1-5,13H,6-9H2. The molecule has 1 aliphatic heterocycles. The van der Waals surface area contributed by atoms with Gasteiger partial charge in [0.25, 0.3) is 0 Å². The van der Waals surface area contributed by atoms with E-state index in [0.717, 1.165) is 22.8 Å². The number of aliphatic hydroxyl groups excluding tert-OH is 1. The first-order valence-corrected chi connectivity index (χ1v) is 6.01. The Morgan fingerprint density at radius 2 is 2.07 bits per heavy atom. The Hall–Kier alpha value is -0.930. The zero-order chi connectivity index (χ0) is 10.5. The van der Waals surface area contributed by atoms with Crippen LogP contribution in [0.4, 0.5) is 0 Å². The summed E-state index contributed by atoms with van der Waals surface area (Å²) in [6, 6.07) is 10.1. The van der Waals surface area contributed by atoms with Crippen LogP contribution in [0, 0.1) is 0 Å². The number of benzene rings is 1. The molecular weight excluding hydrogens is 208 g/mol. The Kier molecular flexibility index (Phi) is 3.69. The van der Waals surface area contributed by atoms with Crippen LogP contribution in [0.15, 0.2) is 41.0 Å². The van der Waals surface area contributed by atoms with Gasteiger partial charge in [-0.15, -0.1) is 11.8 Å². The summed E-state index contributed by atoms with van der Waals surface area (Å²) in [7, 11) is 0. The predicted molar refractivity (Wildman–Crippen MR) is 62.4 cm³/mol. The highest BCUT2D eigenvalue weighted by molar-refractivity contribution is 8.03. The van der Waals surface area contributed by atoms with Crippen molar-refractivity contribution in [2.75, 3.05) is 12.4 Å². The van der Waals surface area contributed by atoms with Crippen LogP contribution in [-0.2, 0) is 11.3 Å². The van der Waals surface area contributed by atoms with E-state index >= 15 is 0 Å². The first kappa shape index (κ1) is 10.6. The highest BCUT2D eigenvalue weighted by atomic mass is 32.2. The predicted octanol–water partition coefficient (Wildman–Crippen LogP) is 2.54. The summed E-state index contributed by atoms with van der Waals surface area (Å²) in [5, 5.41) is 9.07. The molecule has 2 nitrogen and oxygen atoms in total. The normalized spacial score (nSPS) is 15.8. The molecule has 1 aromatic carbocycles. The molecule has 0 spiro atoms. The van der Waals surface area contributed by atoms with Crippen LogP contribution in [0.3, 0.4) is 0 Å². The summed E-state index contributed by atoms with van der Waals surface area (Å²) < 4.78 is 5.69. The van der Waals surface area contributed by atoms with E-state index in [1.165, 1.54) is 5.56 Å². The van der Waals surface area contributed by atoms with E-state index in [1.54, 1.807) is 11.8 Å². The second kappa shape index (κ2) is 5.24. The molecule has 0 amide bonds. The summed E-state index contributed by atoms with van der Waals surface area (Å²) in [6.07, 6.45) is 0.938. The molecule has 0 aliphatic carbocycles. The topological polar surface area (TPSA) is 29.5 Å². The summed E-state index contributed by atoms with van der Waals surface area (Å²) >= 11 is 1.69. The molecule has 0 bridgehead atoms. The lowest BCUT2D eigenvalue weighted by Gasteiger charge is -2.08. The maximum Gasteiger partial charge on any atom is 0.113 e. The van der Waals surface area contributed by atoms with Gasteiger partial charge in [-0.25, -0.2) is 0 Å². The molecule has 3 heteroatoms. The van der Waals surface area contributed by atoms with Gasteiger partial charge in [-0.05, 0) is 5.56 Å². The van der Waals surface area contributed by atoms with Gasteiger partial charge in [-0.1, -0.05) is 30.3 Å². The minimum Gasteiger partial charge on any atom is -0.492 e. The summed E-state index contributed by atoms with van der Waals surface area (Å²) in [5.41, 5.74) is 1.17. The third-order valence-corrected chi connectivity index (χ3v) is 3.43. The van der Waals surface area contributed by atoms with E-state index in [9.17, 15) is 0 Å². The van der Waals surface area contributed by atoms with E-state index in [1.807, 2.05) is 30.3 Å². The Labute approximate surface area is 94.0 Å². The van der Waals surface area contributed by atoms with Crippen LogP contribution < -0.4 is 0 Å². The van der Waals surface area contributed by atoms with Crippen LogP contribution in [0.25, 0.3) is 0 Å². The molecule has 15 heavy (non-hydrogen) atoms. The molecule has 0 saturated carbocycles. The maximum atomic E-state index is 9.07. The molecule has 1 aliphatic rings. The quantitative estimate of drug-likeness (QED) is 0.849. The zero-order valence-corrected chi connectivity index (χ0v) is 9.30. The van der Waals surface area contributed by atoms with E-state index in [0.29, 0.717) is 6.61 Å². The van der Waals surface area contributed by atoms with E-state index in [-0.39, 0.29) is 6.61 Å². The molecule has 2 rings (SSSR count). The van der Waals surface area contributed by atoms with Gasteiger partial charge in [0, 0.05) is 17.1 Å². The highest BCUT2D eigenvalue weighted by Gasteiger charge is 2.15. The third-order valence-electron chi connectivity index (χ3n) is 2.32. The first-order valence-electron chi connectivity index (χ1n) is 5.02. The van der Waals surface area contributed by atoms with E-state index in [4.69, 9.17) is 9.84 Å². The smallest absolute Gasteiger partial charge is 0.113 e. The lowest BCUT2D eigenvalue weighted by molar-refractivity contribution is 0.187. The zero-order valence-electron chi connectivity index (χ0n) is 8.48. The number of rotatable bonds is 4. The average molecular weight is 222 g/mol. The van der Waals surface area contributed by atoms with Crippen molar-refractivity contribution in [1.29, 1.82) is 0 Å². The molecule has 1 heterocycles. The molecule has 1 aromatic rings. The minimum atomic E-state index is 0.106. The van der Waals surface area contributed by atoms with Crippen LogP contribution in [0.1, 0.15) is 12.0 Å². The molecule has 0 unspecified atom stereocenters. The lowest BCUT2D eigenvalue weighted by Crippen LogP contribution is -1.95. The summed E-state index contributed by atoms with van der Waals surface area (Å²) in [6.45, 7) is 0.703. The van der Waals surface area contributed by atoms with Crippen LogP contribution in [0.5, 0.6) is 0 Å².